The Morgan fingerprint density at radius 2 is 1.93 bits per heavy atom. The standard InChI is InChI=1S/C20H17ClN4O2/c1-2-15-11-24(19(22-15)20(26)27)12-16-18(13-6-8-14(21)9-7-13)23-17-5-3-4-10-25(16)17/h3-11H,2,12H2,1H3,(H,26,27). The van der Waals surface area contributed by atoms with Gasteiger partial charge in [0.1, 0.15) is 5.65 Å². The van der Waals surface area contributed by atoms with Crippen molar-refractivity contribution < 1.29 is 9.90 Å². The Bertz CT molecular complexity index is 1130. The number of aromatic nitrogens is 4. The summed E-state index contributed by atoms with van der Waals surface area (Å²) in [6.07, 6.45) is 4.39. The highest BCUT2D eigenvalue weighted by atomic mass is 35.5. The highest BCUT2D eigenvalue weighted by Gasteiger charge is 2.19. The van der Waals surface area contributed by atoms with Gasteiger partial charge in [-0.25, -0.2) is 14.8 Å². The second-order valence-electron chi connectivity index (χ2n) is 6.19. The molecule has 7 heteroatoms. The Balaban J connectivity index is 1.88. The lowest BCUT2D eigenvalue weighted by molar-refractivity contribution is 0.0678. The van der Waals surface area contributed by atoms with Crippen LogP contribution in [0, 0.1) is 0 Å². The van der Waals surface area contributed by atoms with E-state index in [0.29, 0.717) is 18.0 Å². The molecule has 6 nitrogen and oxygen atoms in total. The number of halogens is 1. The van der Waals surface area contributed by atoms with Crippen molar-refractivity contribution in [3.63, 3.8) is 0 Å². The Morgan fingerprint density at radius 3 is 2.63 bits per heavy atom. The third kappa shape index (κ3) is 3.19. The molecule has 0 aliphatic carbocycles. The molecule has 0 unspecified atom stereocenters. The monoisotopic (exact) mass is 380 g/mol. The topological polar surface area (TPSA) is 72.4 Å². The number of carbonyl (C=O) groups is 1. The zero-order valence-electron chi connectivity index (χ0n) is 14.6. The maximum Gasteiger partial charge on any atom is 0.372 e. The maximum absolute atomic E-state index is 11.6. The molecule has 4 rings (SSSR count). The highest BCUT2D eigenvalue weighted by molar-refractivity contribution is 6.30. The van der Waals surface area contributed by atoms with Gasteiger partial charge in [-0.15, -0.1) is 0 Å². The van der Waals surface area contributed by atoms with Crippen molar-refractivity contribution in [1.29, 1.82) is 0 Å². The number of hydrogen-bond acceptors (Lipinski definition) is 3. The highest BCUT2D eigenvalue weighted by Crippen LogP contribution is 2.27. The van der Waals surface area contributed by atoms with E-state index in [4.69, 9.17) is 16.6 Å². The summed E-state index contributed by atoms with van der Waals surface area (Å²) in [4.78, 5) is 20.6. The van der Waals surface area contributed by atoms with Crippen molar-refractivity contribution >= 4 is 23.2 Å². The number of fused-ring (bicyclic) bond motifs is 1. The number of rotatable bonds is 5. The largest absolute Gasteiger partial charge is 0.475 e. The molecule has 136 valence electrons. The predicted octanol–water partition coefficient (Wildman–Crippen LogP) is 4.16. The number of nitrogens with zero attached hydrogens (tertiary/aromatic N) is 4. The number of carboxylic acid groups (broad SMARTS) is 1. The van der Waals surface area contributed by atoms with E-state index in [1.54, 1.807) is 10.8 Å². The number of imidazole rings is 2. The van der Waals surface area contributed by atoms with Crippen LogP contribution in [0.25, 0.3) is 16.9 Å². The van der Waals surface area contributed by atoms with Gasteiger partial charge in [0.15, 0.2) is 0 Å². The lowest BCUT2D eigenvalue weighted by Crippen LogP contribution is -2.11. The molecule has 4 aromatic rings. The molecule has 0 spiro atoms. The number of aryl methyl sites for hydroxylation is 1. The van der Waals surface area contributed by atoms with E-state index in [1.807, 2.05) is 60.0 Å². The Kier molecular flexibility index (Phi) is 4.41. The first-order valence-electron chi connectivity index (χ1n) is 8.58. The van der Waals surface area contributed by atoms with Gasteiger partial charge < -0.3 is 14.1 Å². The third-order valence-electron chi connectivity index (χ3n) is 4.45. The van der Waals surface area contributed by atoms with Crippen LogP contribution in [0.1, 0.15) is 28.9 Å². The van der Waals surface area contributed by atoms with Crippen LogP contribution in [0.15, 0.2) is 54.9 Å². The Morgan fingerprint density at radius 1 is 1.15 bits per heavy atom. The van der Waals surface area contributed by atoms with E-state index in [0.717, 1.165) is 28.3 Å². The van der Waals surface area contributed by atoms with Gasteiger partial charge in [-0.2, -0.15) is 0 Å². The quantitative estimate of drug-likeness (QED) is 0.564. The van der Waals surface area contributed by atoms with Crippen LogP contribution in [0.4, 0.5) is 0 Å². The van der Waals surface area contributed by atoms with Gasteiger partial charge in [-0.05, 0) is 30.7 Å². The van der Waals surface area contributed by atoms with Gasteiger partial charge in [-0.3, -0.25) is 0 Å². The molecule has 0 aliphatic rings. The Hall–Kier alpha value is -3.12. The summed E-state index contributed by atoms with van der Waals surface area (Å²) >= 11 is 6.02. The van der Waals surface area contributed by atoms with Gasteiger partial charge in [0.2, 0.25) is 5.82 Å². The lowest BCUT2D eigenvalue weighted by atomic mass is 10.1. The first-order valence-corrected chi connectivity index (χ1v) is 8.96. The predicted molar refractivity (Wildman–Crippen MR) is 103 cm³/mol. The normalized spacial score (nSPS) is 11.2. The van der Waals surface area contributed by atoms with E-state index >= 15 is 0 Å². The van der Waals surface area contributed by atoms with Crippen LogP contribution < -0.4 is 0 Å². The van der Waals surface area contributed by atoms with E-state index in [-0.39, 0.29) is 5.82 Å². The zero-order chi connectivity index (χ0) is 19.0. The second kappa shape index (κ2) is 6.89. The van der Waals surface area contributed by atoms with Crippen LogP contribution in [0.2, 0.25) is 5.02 Å². The average Bonchev–Trinajstić information content (AvgIpc) is 3.25. The molecule has 3 aromatic heterocycles. The maximum atomic E-state index is 11.6. The molecular formula is C20H17ClN4O2. The number of hydrogen-bond donors (Lipinski definition) is 1. The summed E-state index contributed by atoms with van der Waals surface area (Å²) in [6, 6.07) is 13.2. The summed E-state index contributed by atoms with van der Waals surface area (Å²) in [5.74, 6) is -1.02. The summed E-state index contributed by atoms with van der Waals surface area (Å²) in [6.45, 7) is 2.30. The number of pyridine rings is 1. The fourth-order valence-electron chi connectivity index (χ4n) is 3.13. The fraction of sp³-hybridized carbons (Fsp3) is 0.150. The van der Waals surface area contributed by atoms with Gasteiger partial charge in [0.05, 0.1) is 23.6 Å². The van der Waals surface area contributed by atoms with Crippen molar-refractivity contribution in [2.24, 2.45) is 0 Å². The first-order chi connectivity index (χ1) is 13.1. The molecule has 0 radical (unpaired) electrons. The van der Waals surface area contributed by atoms with E-state index in [9.17, 15) is 9.90 Å². The van der Waals surface area contributed by atoms with Gasteiger partial charge in [0.25, 0.3) is 0 Å². The van der Waals surface area contributed by atoms with Crippen molar-refractivity contribution in [3.8, 4) is 11.3 Å². The molecule has 0 aliphatic heterocycles. The van der Waals surface area contributed by atoms with Crippen LogP contribution in [0.5, 0.6) is 0 Å². The first kappa shape index (κ1) is 17.3. The smallest absolute Gasteiger partial charge is 0.372 e. The third-order valence-corrected chi connectivity index (χ3v) is 4.70. The molecule has 0 atom stereocenters. The number of carboxylic acids is 1. The van der Waals surface area contributed by atoms with E-state index < -0.39 is 5.97 Å². The summed E-state index contributed by atoms with van der Waals surface area (Å²) in [5.41, 5.74) is 4.14. The average molecular weight is 381 g/mol. The van der Waals surface area contributed by atoms with E-state index in [2.05, 4.69) is 4.98 Å². The zero-order valence-corrected chi connectivity index (χ0v) is 15.4. The molecule has 1 aromatic carbocycles. The van der Waals surface area contributed by atoms with Crippen molar-refractivity contribution in [2.75, 3.05) is 0 Å². The van der Waals surface area contributed by atoms with Gasteiger partial charge in [-0.1, -0.05) is 36.7 Å². The number of aromatic carboxylic acids is 1. The molecule has 27 heavy (non-hydrogen) atoms. The Labute approximate surface area is 160 Å². The molecule has 0 saturated carbocycles. The minimum atomic E-state index is -1.04. The van der Waals surface area contributed by atoms with Crippen molar-refractivity contribution in [1.82, 2.24) is 18.9 Å². The minimum Gasteiger partial charge on any atom is -0.475 e. The summed E-state index contributed by atoms with van der Waals surface area (Å²) in [5, 5.41) is 10.2. The van der Waals surface area contributed by atoms with Crippen LogP contribution in [-0.4, -0.2) is 30.0 Å². The lowest BCUT2D eigenvalue weighted by Gasteiger charge is -2.08. The van der Waals surface area contributed by atoms with Gasteiger partial charge >= 0.3 is 5.97 Å². The van der Waals surface area contributed by atoms with Crippen molar-refractivity contribution in [2.45, 2.75) is 19.9 Å². The van der Waals surface area contributed by atoms with Crippen LogP contribution in [-0.2, 0) is 13.0 Å². The number of benzene rings is 1. The molecule has 1 N–H and O–H groups in total. The fourth-order valence-corrected chi connectivity index (χ4v) is 3.26. The van der Waals surface area contributed by atoms with Crippen LogP contribution in [0.3, 0.4) is 0 Å². The molecule has 0 fully saturated rings. The molecule has 3 heterocycles. The van der Waals surface area contributed by atoms with Crippen LogP contribution >= 0.6 is 11.6 Å². The molecule has 0 saturated heterocycles. The van der Waals surface area contributed by atoms with Crippen molar-refractivity contribution in [3.05, 3.63) is 77.1 Å². The molecular weight excluding hydrogens is 364 g/mol. The van der Waals surface area contributed by atoms with E-state index in [1.165, 1.54) is 0 Å². The minimum absolute atomic E-state index is 0.0276. The molecule has 0 amide bonds. The summed E-state index contributed by atoms with van der Waals surface area (Å²) < 4.78 is 3.64. The summed E-state index contributed by atoms with van der Waals surface area (Å²) in [7, 11) is 0. The van der Waals surface area contributed by atoms with Gasteiger partial charge in [0, 0.05) is 23.0 Å². The SMILES string of the molecule is CCc1cn(Cc2c(-c3ccc(Cl)cc3)nc3ccccn23)c(C(=O)O)n1. The molecule has 0 bridgehead atoms. The second-order valence-corrected chi connectivity index (χ2v) is 6.62.